The first-order chi connectivity index (χ1) is 8.72. The van der Waals surface area contributed by atoms with E-state index < -0.39 is 0 Å². The van der Waals surface area contributed by atoms with Gasteiger partial charge in [-0.1, -0.05) is 29.3 Å². The Morgan fingerprint density at radius 3 is 2.89 bits per heavy atom. The van der Waals surface area contributed by atoms with Crippen molar-refractivity contribution in [3.63, 3.8) is 0 Å². The van der Waals surface area contributed by atoms with Crippen molar-refractivity contribution in [3.8, 4) is 5.75 Å². The predicted octanol–water partition coefficient (Wildman–Crippen LogP) is 3.88. The van der Waals surface area contributed by atoms with Crippen LogP contribution in [0.25, 0.3) is 0 Å². The van der Waals surface area contributed by atoms with Crippen molar-refractivity contribution in [1.82, 2.24) is 5.32 Å². The molecule has 5 heteroatoms. The molecule has 2 rings (SSSR count). The normalized spacial score (nSPS) is 10.6. The Morgan fingerprint density at radius 2 is 2.11 bits per heavy atom. The minimum atomic E-state index is 0.323. The smallest absolute Gasteiger partial charge is 0.146 e. The van der Waals surface area contributed by atoms with Crippen molar-refractivity contribution in [2.45, 2.75) is 13.2 Å². The summed E-state index contributed by atoms with van der Waals surface area (Å²) in [6, 6.07) is 7.19. The molecule has 1 N–H and O–H groups in total. The lowest BCUT2D eigenvalue weighted by Gasteiger charge is -2.08. The molecule has 0 saturated heterocycles. The molecule has 0 aliphatic heterocycles. The number of furan rings is 1. The Labute approximate surface area is 116 Å². The van der Waals surface area contributed by atoms with Gasteiger partial charge in [-0.05, 0) is 25.2 Å². The highest BCUT2D eigenvalue weighted by Gasteiger charge is 2.09. The quantitative estimate of drug-likeness (QED) is 0.905. The van der Waals surface area contributed by atoms with Crippen LogP contribution in [0.4, 0.5) is 0 Å². The zero-order chi connectivity index (χ0) is 13.0. The van der Waals surface area contributed by atoms with E-state index in [2.05, 4.69) is 5.32 Å². The van der Waals surface area contributed by atoms with Crippen LogP contribution in [0.1, 0.15) is 11.3 Å². The second kappa shape index (κ2) is 6.14. The number of hydrogen-bond acceptors (Lipinski definition) is 3. The number of rotatable bonds is 5. The summed E-state index contributed by atoms with van der Waals surface area (Å²) in [7, 11) is 1.88. The molecule has 0 fully saturated rings. The third-order valence-corrected chi connectivity index (χ3v) is 3.28. The maximum absolute atomic E-state index is 6.03. The van der Waals surface area contributed by atoms with Crippen LogP contribution in [0.3, 0.4) is 0 Å². The first-order valence-electron chi connectivity index (χ1n) is 5.49. The van der Waals surface area contributed by atoms with Crippen molar-refractivity contribution >= 4 is 23.2 Å². The third-order valence-electron chi connectivity index (χ3n) is 2.48. The van der Waals surface area contributed by atoms with Crippen LogP contribution in [0.2, 0.25) is 10.0 Å². The highest BCUT2D eigenvalue weighted by atomic mass is 35.5. The monoisotopic (exact) mass is 285 g/mol. The largest absolute Gasteiger partial charge is 0.484 e. The van der Waals surface area contributed by atoms with E-state index in [1.54, 1.807) is 24.5 Å². The fourth-order valence-corrected chi connectivity index (χ4v) is 1.93. The Bertz CT molecular complexity index is 525. The van der Waals surface area contributed by atoms with Crippen LogP contribution >= 0.6 is 23.2 Å². The van der Waals surface area contributed by atoms with E-state index in [1.807, 2.05) is 13.1 Å². The number of benzene rings is 1. The lowest BCUT2D eigenvalue weighted by atomic mass is 10.2. The van der Waals surface area contributed by atoms with E-state index in [4.69, 9.17) is 32.4 Å². The highest BCUT2D eigenvalue weighted by molar-refractivity contribution is 6.42. The lowest BCUT2D eigenvalue weighted by molar-refractivity contribution is 0.268. The summed E-state index contributed by atoms with van der Waals surface area (Å²) in [4.78, 5) is 0. The van der Waals surface area contributed by atoms with Crippen LogP contribution in [0.5, 0.6) is 5.75 Å². The van der Waals surface area contributed by atoms with Gasteiger partial charge in [0, 0.05) is 12.1 Å². The van der Waals surface area contributed by atoms with Gasteiger partial charge in [0.05, 0.1) is 11.3 Å². The Balaban J connectivity index is 2.07. The first kappa shape index (κ1) is 13.3. The number of hydrogen-bond donors (Lipinski definition) is 1. The molecular weight excluding hydrogens is 273 g/mol. The van der Waals surface area contributed by atoms with Crippen LogP contribution in [0.15, 0.2) is 34.9 Å². The molecule has 96 valence electrons. The molecule has 0 radical (unpaired) electrons. The summed E-state index contributed by atoms with van der Waals surface area (Å²) in [6.07, 6.45) is 1.64. The van der Waals surface area contributed by atoms with Gasteiger partial charge < -0.3 is 14.5 Å². The van der Waals surface area contributed by atoms with Crippen molar-refractivity contribution in [1.29, 1.82) is 0 Å². The van der Waals surface area contributed by atoms with Crippen molar-refractivity contribution < 1.29 is 9.15 Å². The SMILES string of the molecule is CNCc1ccoc1COc1cccc(Cl)c1Cl. The van der Waals surface area contributed by atoms with Gasteiger partial charge in [0.2, 0.25) is 0 Å². The van der Waals surface area contributed by atoms with Gasteiger partial charge in [0.25, 0.3) is 0 Å². The standard InChI is InChI=1S/C13H13Cl2NO2/c1-16-7-9-5-6-17-12(9)8-18-11-4-2-3-10(14)13(11)15/h2-6,16H,7-8H2,1H3. The average molecular weight is 286 g/mol. The Morgan fingerprint density at radius 1 is 1.28 bits per heavy atom. The van der Waals surface area contributed by atoms with E-state index in [9.17, 15) is 0 Å². The molecule has 2 aromatic rings. The summed E-state index contributed by atoms with van der Waals surface area (Å²) in [5.74, 6) is 1.33. The molecule has 0 aliphatic carbocycles. The topological polar surface area (TPSA) is 34.4 Å². The van der Waals surface area contributed by atoms with Gasteiger partial charge in [-0.15, -0.1) is 0 Å². The van der Waals surface area contributed by atoms with E-state index in [0.717, 1.165) is 17.9 Å². The minimum Gasteiger partial charge on any atom is -0.484 e. The molecular formula is C13H13Cl2NO2. The van der Waals surface area contributed by atoms with Gasteiger partial charge in [-0.25, -0.2) is 0 Å². The zero-order valence-corrected chi connectivity index (χ0v) is 11.4. The molecule has 1 aromatic heterocycles. The molecule has 0 aliphatic rings. The number of ether oxygens (including phenoxy) is 1. The molecule has 18 heavy (non-hydrogen) atoms. The molecule has 0 saturated carbocycles. The van der Waals surface area contributed by atoms with Gasteiger partial charge >= 0.3 is 0 Å². The fourth-order valence-electron chi connectivity index (χ4n) is 1.58. The lowest BCUT2D eigenvalue weighted by Crippen LogP contribution is -2.07. The summed E-state index contributed by atoms with van der Waals surface area (Å²) in [5.41, 5.74) is 1.07. The number of nitrogens with one attached hydrogen (secondary N) is 1. The molecule has 3 nitrogen and oxygen atoms in total. The van der Waals surface area contributed by atoms with E-state index in [-0.39, 0.29) is 0 Å². The first-order valence-corrected chi connectivity index (χ1v) is 6.24. The van der Waals surface area contributed by atoms with Gasteiger partial charge in [-0.3, -0.25) is 0 Å². The second-order valence-corrected chi connectivity index (χ2v) is 4.53. The minimum absolute atomic E-state index is 0.323. The van der Waals surface area contributed by atoms with Gasteiger partial charge in [0.1, 0.15) is 23.1 Å². The molecule has 1 heterocycles. The summed E-state index contributed by atoms with van der Waals surface area (Å²) in [5, 5.41) is 3.96. The number of halogens is 2. The summed E-state index contributed by atoms with van der Waals surface area (Å²) >= 11 is 11.9. The van der Waals surface area contributed by atoms with Gasteiger partial charge in [0.15, 0.2) is 0 Å². The maximum atomic E-state index is 6.03. The third kappa shape index (κ3) is 2.99. The summed E-state index contributed by atoms with van der Waals surface area (Å²) in [6.45, 7) is 1.06. The zero-order valence-electron chi connectivity index (χ0n) is 9.87. The average Bonchev–Trinajstić information content (AvgIpc) is 2.79. The van der Waals surface area contributed by atoms with E-state index >= 15 is 0 Å². The van der Waals surface area contributed by atoms with Crippen molar-refractivity contribution in [3.05, 3.63) is 51.9 Å². The molecule has 0 unspecified atom stereocenters. The molecule has 0 bridgehead atoms. The van der Waals surface area contributed by atoms with Crippen molar-refractivity contribution in [2.24, 2.45) is 0 Å². The molecule has 1 aromatic carbocycles. The van der Waals surface area contributed by atoms with Crippen LogP contribution < -0.4 is 10.1 Å². The summed E-state index contributed by atoms with van der Waals surface area (Å²) < 4.78 is 11.0. The molecule has 0 amide bonds. The van der Waals surface area contributed by atoms with Crippen LogP contribution in [0, 0.1) is 0 Å². The maximum Gasteiger partial charge on any atom is 0.146 e. The second-order valence-electron chi connectivity index (χ2n) is 3.74. The van der Waals surface area contributed by atoms with Crippen LogP contribution in [-0.2, 0) is 13.2 Å². The predicted molar refractivity (Wildman–Crippen MR) is 72.3 cm³/mol. The van der Waals surface area contributed by atoms with Crippen molar-refractivity contribution in [2.75, 3.05) is 7.05 Å². The Hall–Kier alpha value is -1.16. The van der Waals surface area contributed by atoms with E-state index in [1.165, 1.54) is 0 Å². The van der Waals surface area contributed by atoms with Crippen LogP contribution in [-0.4, -0.2) is 7.05 Å². The van der Waals surface area contributed by atoms with E-state index in [0.29, 0.717) is 22.4 Å². The van der Waals surface area contributed by atoms with Gasteiger partial charge in [-0.2, -0.15) is 0 Å². The highest BCUT2D eigenvalue weighted by Crippen LogP contribution is 2.32. The fraction of sp³-hybridized carbons (Fsp3) is 0.231. The molecule has 0 atom stereocenters. The Kier molecular flexibility index (Phi) is 4.53. The molecule has 0 spiro atoms.